The van der Waals surface area contributed by atoms with Crippen molar-refractivity contribution >= 4 is 12.4 Å². The summed E-state index contributed by atoms with van der Waals surface area (Å²) in [7, 11) is 1.80. The summed E-state index contributed by atoms with van der Waals surface area (Å²) in [6.45, 7) is 10.0. The summed E-state index contributed by atoms with van der Waals surface area (Å²) in [5.74, 6) is 0. The maximum absolute atomic E-state index is 5.55. The highest BCUT2D eigenvalue weighted by Gasteiger charge is 2.33. The molecular formula is C11H25ClN2O. The molecule has 1 N–H and O–H groups in total. The van der Waals surface area contributed by atoms with Gasteiger partial charge in [-0.25, -0.2) is 0 Å². The summed E-state index contributed by atoms with van der Waals surface area (Å²) >= 11 is 0. The average molecular weight is 237 g/mol. The molecule has 4 heteroatoms. The van der Waals surface area contributed by atoms with Gasteiger partial charge in [0.25, 0.3) is 0 Å². The molecule has 0 spiro atoms. The first-order valence-corrected chi connectivity index (χ1v) is 5.64. The fourth-order valence-corrected chi connectivity index (χ4v) is 2.30. The van der Waals surface area contributed by atoms with E-state index in [0.29, 0.717) is 18.1 Å². The molecule has 15 heavy (non-hydrogen) atoms. The third kappa shape index (κ3) is 3.59. The SMILES string of the molecule is CCC(C)N1CC(C)NC(C)C1OC.Cl. The van der Waals surface area contributed by atoms with Crippen molar-refractivity contribution in [2.45, 2.75) is 58.5 Å². The highest BCUT2D eigenvalue weighted by molar-refractivity contribution is 5.85. The van der Waals surface area contributed by atoms with Gasteiger partial charge in [0.05, 0.1) is 0 Å². The predicted octanol–water partition coefficient (Wildman–Crippen LogP) is 1.86. The first-order chi connectivity index (χ1) is 6.60. The molecule has 0 radical (unpaired) electrons. The molecule has 0 bridgehead atoms. The third-order valence-electron chi connectivity index (χ3n) is 3.19. The van der Waals surface area contributed by atoms with Gasteiger partial charge in [-0.05, 0) is 27.2 Å². The van der Waals surface area contributed by atoms with E-state index in [9.17, 15) is 0 Å². The van der Waals surface area contributed by atoms with E-state index in [-0.39, 0.29) is 18.6 Å². The van der Waals surface area contributed by atoms with Crippen LogP contribution in [0.1, 0.15) is 34.1 Å². The molecule has 1 heterocycles. The molecule has 1 aliphatic rings. The van der Waals surface area contributed by atoms with Crippen molar-refractivity contribution in [1.29, 1.82) is 0 Å². The van der Waals surface area contributed by atoms with E-state index < -0.39 is 0 Å². The second kappa shape index (κ2) is 6.69. The van der Waals surface area contributed by atoms with Crippen molar-refractivity contribution in [1.82, 2.24) is 10.2 Å². The fourth-order valence-electron chi connectivity index (χ4n) is 2.30. The highest BCUT2D eigenvalue weighted by atomic mass is 35.5. The quantitative estimate of drug-likeness (QED) is 0.810. The van der Waals surface area contributed by atoms with Crippen molar-refractivity contribution < 1.29 is 4.74 Å². The summed E-state index contributed by atoms with van der Waals surface area (Å²) in [5.41, 5.74) is 0. The van der Waals surface area contributed by atoms with E-state index in [1.54, 1.807) is 7.11 Å². The summed E-state index contributed by atoms with van der Waals surface area (Å²) in [6.07, 6.45) is 1.40. The molecule has 0 amide bonds. The number of methoxy groups -OCH3 is 1. The first kappa shape index (κ1) is 15.2. The van der Waals surface area contributed by atoms with Crippen LogP contribution in [0.25, 0.3) is 0 Å². The Morgan fingerprint density at radius 3 is 2.53 bits per heavy atom. The molecule has 3 nitrogen and oxygen atoms in total. The summed E-state index contributed by atoms with van der Waals surface area (Å²) < 4.78 is 5.55. The predicted molar refractivity (Wildman–Crippen MR) is 66.6 cm³/mol. The molecule has 1 aliphatic heterocycles. The zero-order valence-corrected chi connectivity index (χ0v) is 11.3. The minimum absolute atomic E-state index is 0. The number of halogens is 1. The number of nitrogens with one attached hydrogen (secondary N) is 1. The van der Waals surface area contributed by atoms with Crippen LogP contribution < -0.4 is 5.32 Å². The number of hydrogen-bond acceptors (Lipinski definition) is 3. The van der Waals surface area contributed by atoms with Gasteiger partial charge in [0, 0.05) is 31.8 Å². The second-order valence-electron chi connectivity index (χ2n) is 4.44. The van der Waals surface area contributed by atoms with Crippen LogP contribution in [0.2, 0.25) is 0 Å². The molecule has 1 saturated heterocycles. The van der Waals surface area contributed by atoms with Crippen molar-refractivity contribution in [2.75, 3.05) is 13.7 Å². The molecule has 0 aromatic rings. The van der Waals surface area contributed by atoms with E-state index in [4.69, 9.17) is 4.74 Å². The van der Waals surface area contributed by atoms with E-state index in [1.807, 2.05) is 0 Å². The molecule has 0 aromatic carbocycles. The minimum atomic E-state index is 0. The Hall–Kier alpha value is 0.170. The van der Waals surface area contributed by atoms with Gasteiger partial charge in [-0.15, -0.1) is 12.4 Å². The van der Waals surface area contributed by atoms with E-state index in [2.05, 4.69) is 37.9 Å². The van der Waals surface area contributed by atoms with E-state index >= 15 is 0 Å². The minimum Gasteiger partial charge on any atom is -0.365 e. The Morgan fingerprint density at radius 2 is 2.07 bits per heavy atom. The largest absolute Gasteiger partial charge is 0.365 e. The average Bonchev–Trinajstić information content (AvgIpc) is 2.15. The van der Waals surface area contributed by atoms with Crippen LogP contribution in [0, 0.1) is 0 Å². The number of nitrogens with zero attached hydrogens (tertiary/aromatic N) is 1. The molecular weight excluding hydrogens is 212 g/mol. The van der Waals surface area contributed by atoms with Gasteiger partial charge in [0.2, 0.25) is 0 Å². The van der Waals surface area contributed by atoms with Gasteiger partial charge in [-0.3, -0.25) is 4.90 Å². The molecule has 1 fully saturated rings. The molecule has 92 valence electrons. The Bertz CT molecular complexity index is 180. The zero-order chi connectivity index (χ0) is 10.7. The Balaban J connectivity index is 0.00000196. The van der Waals surface area contributed by atoms with Gasteiger partial charge >= 0.3 is 0 Å². The van der Waals surface area contributed by atoms with Crippen LogP contribution >= 0.6 is 12.4 Å². The van der Waals surface area contributed by atoms with Gasteiger partial charge in [-0.2, -0.15) is 0 Å². The summed E-state index contributed by atoms with van der Waals surface area (Å²) in [5, 5.41) is 3.52. The molecule has 4 unspecified atom stereocenters. The smallest absolute Gasteiger partial charge is 0.125 e. The standard InChI is InChI=1S/C11H24N2O.ClH/c1-6-9(3)13-7-8(2)12-10(4)11(13)14-5;/h8-12H,6-7H2,1-5H3;1H. The molecule has 0 aliphatic carbocycles. The fraction of sp³-hybridized carbons (Fsp3) is 1.00. The second-order valence-corrected chi connectivity index (χ2v) is 4.44. The Labute approximate surface area is 100.0 Å². The third-order valence-corrected chi connectivity index (χ3v) is 3.19. The lowest BCUT2D eigenvalue weighted by molar-refractivity contribution is -0.0964. The summed E-state index contributed by atoms with van der Waals surface area (Å²) in [6, 6.07) is 1.58. The van der Waals surface area contributed by atoms with Gasteiger partial charge < -0.3 is 10.1 Å². The lowest BCUT2D eigenvalue weighted by Crippen LogP contribution is -2.63. The highest BCUT2D eigenvalue weighted by Crippen LogP contribution is 2.17. The molecule has 4 atom stereocenters. The Kier molecular flexibility index (Phi) is 6.76. The number of rotatable bonds is 3. The molecule has 1 rings (SSSR count). The van der Waals surface area contributed by atoms with Crippen molar-refractivity contribution in [3.8, 4) is 0 Å². The van der Waals surface area contributed by atoms with Gasteiger partial charge in [-0.1, -0.05) is 6.92 Å². The number of ether oxygens (including phenoxy) is 1. The lowest BCUT2D eigenvalue weighted by Gasteiger charge is -2.45. The number of hydrogen-bond donors (Lipinski definition) is 1. The Morgan fingerprint density at radius 1 is 1.47 bits per heavy atom. The van der Waals surface area contributed by atoms with Crippen LogP contribution in [0.4, 0.5) is 0 Å². The van der Waals surface area contributed by atoms with Crippen LogP contribution in [-0.2, 0) is 4.74 Å². The van der Waals surface area contributed by atoms with E-state index in [0.717, 1.165) is 6.54 Å². The van der Waals surface area contributed by atoms with E-state index in [1.165, 1.54) is 6.42 Å². The molecule has 0 aromatic heterocycles. The van der Waals surface area contributed by atoms with Crippen molar-refractivity contribution in [3.63, 3.8) is 0 Å². The van der Waals surface area contributed by atoms with Crippen LogP contribution in [0.3, 0.4) is 0 Å². The van der Waals surface area contributed by atoms with Gasteiger partial charge in [0.15, 0.2) is 0 Å². The lowest BCUT2D eigenvalue weighted by atomic mass is 10.1. The molecule has 0 saturated carbocycles. The first-order valence-electron chi connectivity index (χ1n) is 5.64. The van der Waals surface area contributed by atoms with Crippen LogP contribution in [0.15, 0.2) is 0 Å². The zero-order valence-electron chi connectivity index (χ0n) is 10.5. The van der Waals surface area contributed by atoms with Crippen molar-refractivity contribution in [2.24, 2.45) is 0 Å². The number of piperazine rings is 1. The maximum Gasteiger partial charge on any atom is 0.125 e. The normalized spacial score (nSPS) is 34.6. The van der Waals surface area contributed by atoms with Gasteiger partial charge in [0.1, 0.15) is 6.23 Å². The monoisotopic (exact) mass is 236 g/mol. The van der Waals surface area contributed by atoms with Crippen LogP contribution in [-0.4, -0.2) is 42.9 Å². The summed E-state index contributed by atoms with van der Waals surface area (Å²) in [4.78, 5) is 2.46. The maximum atomic E-state index is 5.55. The van der Waals surface area contributed by atoms with Crippen LogP contribution in [0.5, 0.6) is 0 Å². The topological polar surface area (TPSA) is 24.5 Å². The van der Waals surface area contributed by atoms with Crippen molar-refractivity contribution in [3.05, 3.63) is 0 Å².